The van der Waals surface area contributed by atoms with Crippen molar-refractivity contribution in [1.29, 1.82) is 0 Å². The standard InChI is InChI=1S/C15H14N2O4S/c18-13(19)10-6-7-11-12(10)16-14(22-11)17-15(20)21-8-9-4-2-1-3-5-9/h1-5,10H,6-8H2,(H,18,19)(H,16,17,20). The van der Waals surface area contributed by atoms with E-state index in [2.05, 4.69) is 10.3 Å². The van der Waals surface area contributed by atoms with Crippen LogP contribution in [0, 0.1) is 0 Å². The Morgan fingerprint density at radius 1 is 1.36 bits per heavy atom. The Morgan fingerprint density at radius 3 is 2.86 bits per heavy atom. The van der Waals surface area contributed by atoms with E-state index in [-0.39, 0.29) is 6.61 Å². The molecule has 1 amide bonds. The summed E-state index contributed by atoms with van der Waals surface area (Å²) < 4.78 is 5.11. The fourth-order valence-electron chi connectivity index (χ4n) is 2.37. The van der Waals surface area contributed by atoms with Crippen LogP contribution in [-0.2, 0) is 22.6 Å². The maximum absolute atomic E-state index is 11.7. The van der Waals surface area contributed by atoms with Crippen molar-refractivity contribution < 1.29 is 19.4 Å². The molecule has 0 spiro atoms. The Morgan fingerprint density at radius 2 is 2.14 bits per heavy atom. The summed E-state index contributed by atoms with van der Waals surface area (Å²) in [4.78, 5) is 28.0. The molecule has 1 heterocycles. The van der Waals surface area contributed by atoms with Gasteiger partial charge in [0.2, 0.25) is 0 Å². The van der Waals surface area contributed by atoms with E-state index in [9.17, 15) is 9.59 Å². The molecule has 1 aliphatic carbocycles. The van der Waals surface area contributed by atoms with Gasteiger partial charge < -0.3 is 9.84 Å². The van der Waals surface area contributed by atoms with E-state index in [0.717, 1.165) is 10.4 Å². The molecular formula is C15H14N2O4S. The molecule has 114 valence electrons. The van der Waals surface area contributed by atoms with Gasteiger partial charge in [0.25, 0.3) is 0 Å². The van der Waals surface area contributed by atoms with Gasteiger partial charge in [-0.2, -0.15) is 0 Å². The molecule has 6 nitrogen and oxygen atoms in total. The Bertz CT molecular complexity index is 699. The second kappa shape index (κ2) is 6.15. The largest absolute Gasteiger partial charge is 0.481 e. The normalized spacial score (nSPS) is 16.1. The van der Waals surface area contributed by atoms with Crippen LogP contribution in [0.15, 0.2) is 30.3 Å². The van der Waals surface area contributed by atoms with Crippen LogP contribution >= 0.6 is 11.3 Å². The predicted molar refractivity (Wildman–Crippen MR) is 81.1 cm³/mol. The quantitative estimate of drug-likeness (QED) is 0.904. The second-order valence-electron chi connectivity index (χ2n) is 4.94. The third-order valence-electron chi connectivity index (χ3n) is 3.44. The molecule has 1 atom stereocenters. The van der Waals surface area contributed by atoms with Crippen LogP contribution in [0.1, 0.15) is 28.5 Å². The fourth-order valence-corrected chi connectivity index (χ4v) is 3.39. The van der Waals surface area contributed by atoms with E-state index < -0.39 is 18.0 Å². The van der Waals surface area contributed by atoms with Gasteiger partial charge in [0.15, 0.2) is 5.13 Å². The van der Waals surface area contributed by atoms with Crippen molar-refractivity contribution in [3.63, 3.8) is 0 Å². The van der Waals surface area contributed by atoms with E-state index in [1.54, 1.807) is 0 Å². The smallest absolute Gasteiger partial charge is 0.413 e. The number of fused-ring (bicyclic) bond motifs is 1. The molecule has 3 rings (SSSR count). The molecule has 0 saturated carbocycles. The minimum atomic E-state index is -0.873. The lowest BCUT2D eigenvalue weighted by molar-refractivity contribution is -0.138. The number of hydrogen-bond acceptors (Lipinski definition) is 5. The summed E-state index contributed by atoms with van der Waals surface area (Å²) in [6, 6.07) is 9.35. The zero-order valence-electron chi connectivity index (χ0n) is 11.6. The molecule has 0 aliphatic heterocycles. The molecule has 2 N–H and O–H groups in total. The van der Waals surface area contributed by atoms with Gasteiger partial charge in [-0.15, -0.1) is 11.3 Å². The minimum absolute atomic E-state index is 0.176. The van der Waals surface area contributed by atoms with Gasteiger partial charge in [0, 0.05) is 4.88 Å². The maximum Gasteiger partial charge on any atom is 0.413 e. The number of aromatic nitrogens is 1. The number of carboxylic acid groups (broad SMARTS) is 1. The lowest BCUT2D eigenvalue weighted by atomic mass is 10.1. The molecule has 1 aromatic carbocycles. The number of anilines is 1. The molecule has 0 saturated heterocycles. The number of amides is 1. The summed E-state index contributed by atoms with van der Waals surface area (Å²) in [6.45, 7) is 0.176. The third kappa shape index (κ3) is 3.09. The number of nitrogens with one attached hydrogen (secondary N) is 1. The number of benzene rings is 1. The van der Waals surface area contributed by atoms with Crippen molar-refractivity contribution in [2.75, 3.05) is 5.32 Å². The highest BCUT2D eigenvalue weighted by molar-refractivity contribution is 7.16. The van der Waals surface area contributed by atoms with Crippen molar-refractivity contribution >= 4 is 28.5 Å². The molecule has 2 aromatic rings. The van der Waals surface area contributed by atoms with Gasteiger partial charge in [-0.05, 0) is 18.4 Å². The molecule has 0 radical (unpaired) electrons. The van der Waals surface area contributed by atoms with Crippen LogP contribution in [-0.4, -0.2) is 22.2 Å². The summed E-state index contributed by atoms with van der Waals surface area (Å²) in [6.07, 6.45) is 0.663. The summed E-state index contributed by atoms with van der Waals surface area (Å²) in [5.74, 6) is -1.44. The van der Waals surface area contributed by atoms with Gasteiger partial charge in [-0.1, -0.05) is 30.3 Å². The highest BCUT2D eigenvalue weighted by Crippen LogP contribution is 2.38. The van der Waals surface area contributed by atoms with Crippen LogP contribution in [0.2, 0.25) is 0 Å². The summed E-state index contributed by atoms with van der Waals surface area (Å²) in [7, 11) is 0. The van der Waals surface area contributed by atoms with Crippen molar-refractivity contribution in [1.82, 2.24) is 4.98 Å². The summed E-state index contributed by atoms with van der Waals surface area (Å²) in [5, 5.41) is 12.1. The van der Waals surface area contributed by atoms with E-state index >= 15 is 0 Å². The number of thiazole rings is 1. The first-order valence-corrected chi connectivity index (χ1v) is 7.65. The third-order valence-corrected chi connectivity index (χ3v) is 4.48. The van der Waals surface area contributed by atoms with Gasteiger partial charge in [0.05, 0.1) is 5.69 Å². The minimum Gasteiger partial charge on any atom is -0.481 e. The number of nitrogens with zero attached hydrogens (tertiary/aromatic N) is 1. The summed E-state index contributed by atoms with van der Waals surface area (Å²) in [5.41, 5.74) is 1.46. The van der Waals surface area contributed by atoms with Gasteiger partial charge in [-0.25, -0.2) is 9.78 Å². The molecule has 7 heteroatoms. The molecule has 22 heavy (non-hydrogen) atoms. The molecule has 0 bridgehead atoms. The number of hydrogen-bond donors (Lipinski definition) is 2. The van der Waals surface area contributed by atoms with E-state index in [4.69, 9.17) is 9.84 Å². The second-order valence-corrected chi connectivity index (χ2v) is 6.03. The first-order chi connectivity index (χ1) is 10.6. The first kappa shape index (κ1) is 14.5. The van der Waals surface area contributed by atoms with Crippen LogP contribution in [0.3, 0.4) is 0 Å². The zero-order chi connectivity index (χ0) is 15.5. The van der Waals surface area contributed by atoms with E-state index in [0.29, 0.717) is 23.7 Å². The molecule has 1 unspecified atom stereocenters. The molecule has 0 fully saturated rings. The van der Waals surface area contributed by atoms with Crippen LogP contribution < -0.4 is 5.32 Å². The number of carbonyl (C=O) groups is 2. The predicted octanol–water partition coefficient (Wildman–Crippen LogP) is 3.01. The maximum atomic E-state index is 11.7. The van der Waals surface area contributed by atoms with Crippen LogP contribution in [0.4, 0.5) is 9.93 Å². The Balaban J connectivity index is 1.59. The topological polar surface area (TPSA) is 88.5 Å². The molecular weight excluding hydrogens is 304 g/mol. The van der Waals surface area contributed by atoms with Crippen molar-refractivity contribution in [2.45, 2.75) is 25.4 Å². The highest BCUT2D eigenvalue weighted by atomic mass is 32.1. The fraction of sp³-hybridized carbons (Fsp3) is 0.267. The number of rotatable bonds is 4. The van der Waals surface area contributed by atoms with Crippen LogP contribution in [0.5, 0.6) is 0 Å². The first-order valence-electron chi connectivity index (χ1n) is 6.83. The van der Waals surface area contributed by atoms with Crippen molar-refractivity contribution in [2.24, 2.45) is 0 Å². The van der Waals surface area contributed by atoms with Crippen molar-refractivity contribution in [3.05, 3.63) is 46.5 Å². The number of carboxylic acids is 1. The van der Waals surface area contributed by atoms with E-state index in [1.165, 1.54) is 11.3 Å². The van der Waals surface area contributed by atoms with Gasteiger partial charge in [0.1, 0.15) is 12.5 Å². The van der Waals surface area contributed by atoms with Gasteiger partial charge >= 0.3 is 12.1 Å². The number of ether oxygens (including phenoxy) is 1. The van der Waals surface area contributed by atoms with Gasteiger partial charge in [-0.3, -0.25) is 10.1 Å². The summed E-state index contributed by atoms with van der Waals surface area (Å²) >= 11 is 1.31. The Hall–Kier alpha value is -2.41. The molecule has 1 aliphatic rings. The number of aryl methyl sites for hydroxylation is 1. The SMILES string of the molecule is O=C(Nc1nc2c(s1)CCC2C(=O)O)OCc1ccccc1. The van der Waals surface area contributed by atoms with E-state index in [1.807, 2.05) is 30.3 Å². The molecule has 1 aromatic heterocycles. The lowest BCUT2D eigenvalue weighted by Gasteiger charge is -2.05. The number of carbonyl (C=O) groups excluding carboxylic acids is 1. The Labute approximate surface area is 130 Å². The average molecular weight is 318 g/mol. The zero-order valence-corrected chi connectivity index (χ0v) is 12.4. The Kier molecular flexibility index (Phi) is 4.06. The van der Waals surface area contributed by atoms with Crippen LogP contribution in [0.25, 0.3) is 0 Å². The average Bonchev–Trinajstić information content (AvgIpc) is 3.05. The highest BCUT2D eigenvalue weighted by Gasteiger charge is 2.32. The lowest BCUT2D eigenvalue weighted by Crippen LogP contribution is -2.14. The monoisotopic (exact) mass is 318 g/mol. The van der Waals surface area contributed by atoms with Crippen molar-refractivity contribution in [3.8, 4) is 0 Å². The number of aliphatic carboxylic acids is 1.